The van der Waals surface area contributed by atoms with Gasteiger partial charge in [-0.25, -0.2) is 4.79 Å². The molecule has 1 N–H and O–H groups in total. The maximum Gasteiger partial charge on any atom is 0.331 e. The van der Waals surface area contributed by atoms with Crippen LogP contribution in [0.25, 0.3) is 10.9 Å². The number of nitrogens with one attached hydrogen (secondary N) is 1. The summed E-state index contributed by atoms with van der Waals surface area (Å²) in [5, 5.41) is 3.95. The van der Waals surface area contributed by atoms with E-state index in [2.05, 4.69) is 5.32 Å². The molecule has 5 heteroatoms. The van der Waals surface area contributed by atoms with Crippen LogP contribution in [0.4, 0.5) is 0 Å². The third-order valence-electron chi connectivity index (χ3n) is 4.35. The summed E-state index contributed by atoms with van der Waals surface area (Å²) in [5.74, 6) is 0.354. The van der Waals surface area contributed by atoms with E-state index in [1.807, 2.05) is 25.1 Å². The van der Waals surface area contributed by atoms with Crippen LogP contribution < -0.4 is 16.6 Å². The second kappa shape index (κ2) is 5.48. The Morgan fingerprint density at radius 2 is 2.14 bits per heavy atom. The second-order valence-electron chi connectivity index (χ2n) is 5.99. The lowest BCUT2D eigenvalue weighted by molar-refractivity contribution is 0.327. The van der Waals surface area contributed by atoms with Crippen molar-refractivity contribution < 1.29 is 0 Å². The van der Waals surface area contributed by atoms with Crippen LogP contribution in [0.15, 0.2) is 27.8 Å². The maximum absolute atomic E-state index is 12.6. The van der Waals surface area contributed by atoms with Gasteiger partial charge in [0, 0.05) is 13.6 Å². The Balaban J connectivity index is 2.12. The highest BCUT2D eigenvalue weighted by Crippen LogP contribution is 2.13. The van der Waals surface area contributed by atoms with Gasteiger partial charge in [-0.3, -0.25) is 13.9 Å². The van der Waals surface area contributed by atoms with Crippen molar-refractivity contribution in [3.63, 3.8) is 0 Å². The third-order valence-corrected chi connectivity index (χ3v) is 4.35. The number of hydrogen-bond donors (Lipinski definition) is 1. The van der Waals surface area contributed by atoms with Crippen molar-refractivity contribution in [1.82, 2.24) is 14.5 Å². The molecule has 0 spiro atoms. The number of hydrogen-bond acceptors (Lipinski definition) is 3. The third kappa shape index (κ3) is 2.53. The molecule has 0 saturated carbocycles. The van der Waals surface area contributed by atoms with Crippen LogP contribution in [0.1, 0.15) is 18.4 Å². The molecule has 1 aromatic carbocycles. The van der Waals surface area contributed by atoms with E-state index < -0.39 is 0 Å². The molecule has 1 aliphatic heterocycles. The highest BCUT2D eigenvalue weighted by molar-refractivity contribution is 5.78. The Bertz CT molecular complexity index is 782. The lowest BCUT2D eigenvalue weighted by Gasteiger charge is -2.23. The molecule has 0 bridgehead atoms. The largest absolute Gasteiger partial charge is 0.331 e. The van der Waals surface area contributed by atoms with E-state index in [0.717, 1.165) is 31.5 Å². The monoisotopic (exact) mass is 287 g/mol. The number of rotatable bonds is 2. The molecule has 0 radical (unpaired) electrons. The molecule has 1 aliphatic rings. The Morgan fingerprint density at radius 1 is 1.33 bits per heavy atom. The first-order chi connectivity index (χ1) is 10.1. The number of piperidine rings is 1. The van der Waals surface area contributed by atoms with Gasteiger partial charge in [-0.1, -0.05) is 6.07 Å². The summed E-state index contributed by atoms with van der Waals surface area (Å²) in [6, 6.07) is 5.63. The molecule has 5 nitrogen and oxygen atoms in total. The van der Waals surface area contributed by atoms with Crippen molar-refractivity contribution in [2.75, 3.05) is 13.1 Å². The van der Waals surface area contributed by atoms with Crippen LogP contribution in [0.2, 0.25) is 0 Å². The second-order valence-corrected chi connectivity index (χ2v) is 5.99. The van der Waals surface area contributed by atoms with Gasteiger partial charge in [0.1, 0.15) is 0 Å². The molecule has 1 fully saturated rings. The van der Waals surface area contributed by atoms with E-state index >= 15 is 0 Å². The Kier molecular flexibility index (Phi) is 3.68. The Morgan fingerprint density at radius 3 is 2.86 bits per heavy atom. The van der Waals surface area contributed by atoms with E-state index in [1.165, 1.54) is 4.57 Å². The van der Waals surface area contributed by atoms with Crippen LogP contribution in [-0.2, 0) is 13.6 Å². The SMILES string of the molecule is Cc1ccc2c(=O)n(CC3CCCNC3)c(=O)n(C)c2c1. The van der Waals surface area contributed by atoms with E-state index in [4.69, 9.17) is 0 Å². The van der Waals surface area contributed by atoms with Crippen LogP contribution in [-0.4, -0.2) is 22.2 Å². The molecule has 2 aromatic rings. The highest BCUT2D eigenvalue weighted by Gasteiger charge is 2.17. The van der Waals surface area contributed by atoms with E-state index in [0.29, 0.717) is 23.4 Å². The standard InChI is InChI=1S/C16H21N3O2/c1-11-5-6-13-14(8-11)18(2)16(21)19(15(13)20)10-12-4-3-7-17-9-12/h5-6,8,12,17H,3-4,7,9-10H2,1-2H3. The highest BCUT2D eigenvalue weighted by atomic mass is 16.2. The van der Waals surface area contributed by atoms with Crippen LogP contribution in [0.5, 0.6) is 0 Å². The van der Waals surface area contributed by atoms with Gasteiger partial charge in [-0.2, -0.15) is 0 Å². The fourth-order valence-electron chi connectivity index (χ4n) is 3.12. The average Bonchev–Trinajstić information content (AvgIpc) is 2.50. The molecule has 21 heavy (non-hydrogen) atoms. The van der Waals surface area contributed by atoms with Crippen LogP contribution in [0, 0.1) is 12.8 Å². The summed E-state index contributed by atoms with van der Waals surface area (Å²) in [5.41, 5.74) is 1.37. The van der Waals surface area contributed by atoms with Gasteiger partial charge in [0.15, 0.2) is 0 Å². The Labute approximate surface area is 123 Å². The number of nitrogens with zero attached hydrogens (tertiary/aromatic N) is 2. The molecular weight excluding hydrogens is 266 g/mol. The summed E-state index contributed by atoms with van der Waals surface area (Å²) in [6.07, 6.45) is 2.17. The number of fused-ring (bicyclic) bond motifs is 1. The minimum atomic E-state index is -0.219. The van der Waals surface area contributed by atoms with Gasteiger partial charge in [-0.15, -0.1) is 0 Å². The molecule has 1 atom stereocenters. The van der Waals surface area contributed by atoms with Crippen molar-refractivity contribution >= 4 is 10.9 Å². The molecule has 0 aliphatic carbocycles. The first-order valence-electron chi connectivity index (χ1n) is 7.49. The van der Waals surface area contributed by atoms with Crippen LogP contribution in [0.3, 0.4) is 0 Å². The lowest BCUT2D eigenvalue weighted by Crippen LogP contribution is -2.43. The average molecular weight is 287 g/mol. The summed E-state index contributed by atoms with van der Waals surface area (Å²) >= 11 is 0. The molecule has 1 unspecified atom stereocenters. The summed E-state index contributed by atoms with van der Waals surface area (Å²) < 4.78 is 2.98. The topological polar surface area (TPSA) is 56.0 Å². The normalized spacial score (nSPS) is 19.0. The number of benzene rings is 1. The smallest absolute Gasteiger partial charge is 0.316 e. The lowest BCUT2D eigenvalue weighted by atomic mass is 9.99. The summed E-state index contributed by atoms with van der Waals surface area (Å²) in [7, 11) is 1.74. The fraction of sp³-hybridized carbons (Fsp3) is 0.500. The van der Waals surface area contributed by atoms with E-state index in [9.17, 15) is 9.59 Å². The van der Waals surface area contributed by atoms with Crippen LogP contribution >= 0.6 is 0 Å². The van der Waals surface area contributed by atoms with Crippen molar-refractivity contribution in [3.8, 4) is 0 Å². The summed E-state index contributed by atoms with van der Waals surface area (Å²) in [6.45, 7) is 4.37. The first kappa shape index (κ1) is 14.1. The maximum atomic E-state index is 12.6. The van der Waals surface area contributed by atoms with Gasteiger partial charge in [-0.05, 0) is 56.5 Å². The van der Waals surface area contributed by atoms with Crippen molar-refractivity contribution in [2.24, 2.45) is 13.0 Å². The minimum Gasteiger partial charge on any atom is -0.316 e. The zero-order valence-electron chi connectivity index (χ0n) is 12.6. The van der Waals surface area contributed by atoms with Crippen molar-refractivity contribution in [2.45, 2.75) is 26.3 Å². The predicted molar refractivity (Wildman–Crippen MR) is 83.8 cm³/mol. The van der Waals surface area contributed by atoms with Gasteiger partial charge < -0.3 is 5.32 Å². The molecular formula is C16H21N3O2. The zero-order chi connectivity index (χ0) is 15.0. The molecule has 1 aromatic heterocycles. The zero-order valence-corrected chi connectivity index (χ0v) is 12.6. The quantitative estimate of drug-likeness (QED) is 0.897. The first-order valence-corrected chi connectivity index (χ1v) is 7.49. The fourth-order valence-corrected chi connectivity index (χ4v) is 3.12. The van der Waals surface area contributed by atoms with Crippen molar-refractivity contribution in [1.29, 1.82) is 0 Å². The van der Waals surface area contributed by atoms with Gasteiger partial charge in [0.25, 0.3) is 5.56 Å². The number of aromatic nitrogens is 2. The van der Waals surface area contributed by atoms with E-state index in [-0.39, 0.29) is 11.2 Å². The number of aryl methyl sites for hydroxylation is 2. The molecule has 0 amide bonds. The van der Waals surface area contributed by atoms with Gasteiger partial charge >= 0.3 is 5.69 Å². The van der Waals surface area contributed by atoms with E-state index in [1.54, 1.807) is 11.6 Å². The molecule has 3 rings (SSSR count). The molecule has 2 heterocycles. The van der Waals surface area contributed by atoms with Crippen molar-refractivity contribution in [3.05, 3.63) is 44.6 Å². The van der Waals surface area contributed by atoms with Gasteiger partial charge in [0.05, 0.1) is 10.9 Å². The minimum absolute atomic E-state index is 0.168. The summed E-state index contributed by atoms with van der Waals surface area (Å²) in [4.78, 5) is 25.1. The molecule has 112 valence electrons. The predicted octanol–water partition coefficient (Wildman–Crippen LogP) is 1.01. The van der Waals surface area contributed by atoms with Gasteiger partial charge in [0.2, 0.25) is 0 Å². The Hall–Kier alpha value is -1.88. The molecule has 1 saturated heterocycles.